The molecule has 0 aliphatic heterocycles. The molecule has 1 aliphatic rings. The highest BCUT2D eigenvalue weighted by Crippen LogP contribution is 2.27. The fraction of sp³-hybridized carbons (Fsp3) is 0.333. The third-order valence-electron chi connectivity index (χ3n) is 9.66. The first-order valence-electron chi connectivity index (χ1n) is 15.8. The molecule has 0 atom stereocenters. The van der Waals surface area contributed by atoms with Crippen LogP contribution in [0.15, 0.2) is 24.3 Å². The topological polar surface area (TPSA) is 4.44 Å². The number of hydrogen-bond donors (Lipinski definition) is 1. The van der Waals surface area contributed by atoms with E-state index >= 15 is 35.1 Å². The molecule has 0 bridgehead atoms. The Bertz CT molecular complexity index is 1690. The van der Waals surface area contributed by atoms with Crippen LogP contribution >= 0.6 is 0 Å². The summed E-state index contributed by atoms with van der Waals surface area (Å²) in [6.07, 6.45) is 1.82. The average molecular weight is 719 g/mol. The van der Waals surface area contributed by atoms with Crippen LogP contribution in [-0.4, -0.2) is 26.3 Å². The molecular formula is C36H34BF12N. The number of rotatable bonds is 5. The van der Waals surface area contributed by atoms with E-state index in [1.807, 2.05) is 0 Å². The number of nitrogens with one attached hydrogen (secondary N) is 1. The van der Waals surface area contributed by atoms with Gasteiger partial charge in [-0.25, -0.2) is 52.7 Å². The van der Waals surface area contributed by atoms with Crippen LogP contribution < -0.4 is 26.8 Å². The standard InChI is InChI=1S/C28H16BF12.C8H17N/c1-9-5-13(30)17(25(38)21(9)34)29(18-14(31)6-10(2)22(35)26(18)39,19-15(32)7-11(3)23(36)27(19)40)20-16(33)8-12(4)24(37)28(20)41;1-9(2)8-6-4-3-5-7-8/h5-8H,1-4H3;8H,3-7H2,1-2H3/q-1;/p+1. The van der Waals surface area contributed by atoms with Crippen molar-refractivity contribution in [1.82, 2.24) is 0 Å². The van der Waals surface area contributed by atoms with Crippen molar-refractivity contribution >= 4 is 28.0 Å². The first-order valence-corrected chi connectivity index (χ1v) is 15.8. The Morgan fingerprint density at radius 2 is 0.660 bits per heavy atom. The second-order valence-corrected chi connectivity index (χ2v) is 13.1. The molecule has 0 amide bonds. The van der Waals surface area contributed by atoms with Crippen molar-refractivity contribution in [3.8, 4) is 0 Å². The van der Waals surface area contributed by atoms with Gasteiger partial charge in [-0.05, 0) is 99.9 Å². The molecule has 14 heteroatoms. The van der Waals surface area contributed by atoms with Crippen molar-refractivity contribution in [3.63, 3.8) is 0 Å². The molecule has 0 heterocycles. The summed E-state index contributed by atoms with van der Waals surface area (Å²) >= 11 is 0. The summed E-state index contributed by atoms with van der Waals surface area (Å²) in [7, 11) is 4.55. The van der Waals surface area contributed by atoms with Gasteiger partial charge in [0.2, 0.25) is 0 Å². The van der Waals surface area contributed by atoms with Gasteiger partial charge >= 0.3 is 0 Å². The van der Waals surface area contributed by atoms with Gasteiger partial charge in [0, 0.05) is 0 Å². The summed E-state index contributed by atoms with van der Waals surface area (Å²) in [4.78, 5) is 1.65. The largest absolute Gasteiger partial charge is 0.337 e. The number of halogens is 12. The first kappa shape index (κ1) is 38.9. The van der Waals surface area contributed by atoms with Crippen LogP contribution in [0.1, 0.15) is 54.4 Å². The zero-order chi connectivity index (χ0) is 37.6. The fourth-order valence-electron chi connectivity index (χ4n) is 7.04. The molecule has 5 rings (SSSR count). The van der Waals surface area contributed by atoms with E-state index in [-0.39, 0.29) is 24.3 Å². The van der Waals surface area contributed by atoms with Crippen molar-refractivity contribution < 1.29 is 57.6 Å². The predicted octanol–water partition coefficient (Wildman–Crippen LogP) is 6.43. The summed E-state index contributed by atoms with van der Waals surface area (Å²) in [6.45, 7) is 3.19. The zero-order valence-electron chi connectivity index (χ0n) is 28.0. The molecular weight excluding hydrogens is 685 g/mol. The maximum atomic E-state index is 15.8. The lowest BCUT2D eigenvalue weighted by Crippen LogP contribution is -3.10. The lowest BCUT2D eigenvalue weighted by molar-refractivity contribution is -0.887. The first-order chi connectivity index (χ1) is 23.3. The van der Waals surface area contributed by atoms with Gasteiger partial charge in [0.05, 0.1) is 43.4 Å². The Morgan fingerprint density at radius 3 is 0.860 bits per heavy atom. The second kappa shape index (κ2) is 14.7. The van der Waals surface area contributed by atoms with Gasteiger partial charge in [-0.15, -0.1) is 21.9 Å². The van der Waals surface area contributed by atoms with E-state index in [0.717, 1.165) is 33.7 Å². The van der Waals surface area contributed by atoms with Crippen molar-refractivity contribution in [2.75, 3.05) is 14.1 Å². The van der Waals surface area contributed by atoms with Crippen molar-refractivity contribution in [2.45, 2.75) is 65.8 Å². The van der Waals surface area contributed by atoms with Crippen molar-refractivity contribution in [3.05, 3.63) is 116 Å². The summed E-state index contributed by atoms with van der Waals surface area (Å²) in [5, 5.41) is 0. The molecule has 50 heavy (non-hydrogen) atoms. The van der Waals surface area contributed by atoms with Gasteiger partial charge in [-0.3, -0.25) is 0 Å². The van der Waals surface area contributed by atoms with Crippen molar-refractivity contribution in [2.24, 2.45) is 0 Å². The number of aryl methyl sites for hydroxylation is 4. The summed E-state index contributed by atoms with van der Waals surface area (Å²) in [5.41, 5.74) is -11.8. The molecule has 4 aromatic rings. The number of benzene rings is 4. The Hall–Kier alpha value is -3.94. The van der Waals surface area contributed by atoms with E-state index in [1.54, 1.807) is 4.90 Å². The van der Waals surface area contributed by atoms with Gasteiger partial charge in [-0.1, -0.05) is 6.42 Å². The summed E-state index contributed by atoms with van der Waals surface area (Å²) in [5.74, 6) is -26.3. The molecule has 0 radical (unpaired) electrons. The lowest BCUT2D eigenvalue weighted by Gasteiger charge is -2.45. The Labute approximate surface area is 281 Å². The molecule has 1 nitrogen and oxygen atoms in total. The zero-order valence-corrected chi connectivity index (χ0v) is 28.0. The molecule has 1 aliphatic carbocycles. The van der Waals surface area contributed by atoms with Crippen LogP contribution in [0, 0.1) is 97.5 Å². The van der Waals surface area contributed by atoms with E-state index in [4.69, 9.17) is 0 Å². The third-order valence-corrected chi connectivity index (χ3v) is 9.66. The SMILES string of the molecule is C[NH+](C)C1CCCCC1.Cc1cc(F)c([B-](c2c(F)cc(C)c(F)c2F)(c2c(F)cc(C)c(F)c2F)c2c(F)cc(C)c(F)c2F)c(F)c1F. The fourth-order valence-corrected chi connectivity index (χ4v) is 7.04. The van der Waals surface area contributed by atoms with E-state index < -0.39 is 120 Å². The normalized spacial score (nSPS) is 13.9. The molecule has 270 valence electrons. The minimum atomic E-state index is -5.51. The summed E-state index contributed by atoms with van der Waals surface area (Å²) < 4.78 is 186. The van der Waals surface area contributed by atoms with E-state index in [9.17, 15) is 17.6 Å². The molecule has 0 aromatic heterocycles. The van der Waals surface area contributed by atoms with Gasteiger partial charge in [0.15, 0.2) is 23.3 Å². The highest BCUT2D eigenvalue weighted by atomic mass is 19.2. The van der Waals surface area contributed by atoms with E-state index in [1.165, 1.54) is 32.1 Å². The number of quaternary nitrogens is 1. The Morgan fingerprint density at radius 1 is 0.420 bits per heavy atom. The van der Waals surface area contributed by atoms with Gasteiger partial charge in [0.25, 0.3) is 0 Å². The molecule has 1 saturated carbocycles. The van der Waals surface area contributed by atoms with Crippen LogP contribution in [0.25, 0.3) is 0 Å². The number of hydrogen-bond acceptors (Lipinski definition) is 0. The lowest BCUT2D eigenvalue weighted by atomic mass is 9.12. The maximum absolute atomic E-state index is 15.8. The van der Waals surface area contributed by atoms with Crippen LogP contribution in [-0.2, 0) is 0 Å². The highest BCUT2D eigenvalue weighted by Gasteiger charge is 2.48. The van der Waals surface area contributed by atoms with E-state index in [0.29, 0.717) is 0 Å². The maximum Gasteiger partial charge on any atom is 0.158 e. The Kier molecular flexibility index (Phi) is 11.5. The smallest absolute Gasteiger partial charge is 0.158 e. The second-order valence-electron chi connectivity index (χ2n) is 13.1. The quantitative estimate of drug-likeness (QED) is 0.138. The molecule has 0 unspecified atom stereocenters. The Balaban J connectivity index is 0.000000541. The predicted molar refractivity (Wildman–Crippen MR) is 168 cm³/mol. The molecule has 0 spiro atoms. The molecule has 1 fully saturated rings. The van der Waals surface area contributed by atoms with Gasteiger partial charge in [0.1, 0.15) is 29.4 Å². The highest BCUT2D eigenvalue weighted by molar-refractivity contribution is 7.20. The third kappa shape index (κ3) is 6.51. The monoisotopic (exact) mass is 719 g/mol. The molecule has 1 N–H and O–H groups in total. The minimum Gasteiger partial charge on any atom is -0.337 e. The molecule has 4 aromatic carbocycles. The summed E-state index contributed by atoms with van der Waals surface area (Å²) in [6, 6.07) is 1.60. The minimum absolute atomic E-state index is 0.158. The van der Waals surface area contributed by atoms with Gasteiger partial charge < -0.3 is 4.90 Å². The average Bonchev–Trinajstić information content (AvgIpc) is 3.04. The van der Waals surface area contributed by atoms with Crippen molar-refractivity contribution in [1.29, 1.82) is 0 Å². The van der Waals surface area contributed by atoms with Crippen LogP contribution in [0.2, 0.25) is 0 Å². The van der Waals surface area contributed by atoms with Crippen LogP contribution in [0.5, 0.6) is 0 Å². The van der Waals surface area contributed by atoms with Crippen LogP contribution in [0.3, 0.4) is 0 Å². The van der Waals surface area contributed by atoms with Gasteiger partial charge in [-0.2, -0.15) is 0 Å². The molecule has 0 saturated heterocycles. The van der Waals surface area contributed by atoms with Crippen LogP contribution in [0.4, 0.5) is 52.7 Å². The van der Waals surface area contributed by atoms with E-state index in [2.05, 4.69) is 14.1 Å².